The third kappa shape index (κ3) is 5.24. The smallest absolute Gasteiger partial charge is 0.293 e. The van der Waals surface area contributed by atoms with Crippen molar-refractivity contribution in [2.45, 2.75) is 13.2 Å². The first kappa shape index (κ1) is 23.9. The standard InChI is InChI=1S/C28H19ClINO3S/c29-23-11-4-2-7-21(23)17-34-25-13-12-18(14-24(25)30)15-26-27(32)31(28(33)35-26)16-20-9-5-8-19-6-1-3-10-22(19)20/h1-15H,16-17H2/b26-15+. The number of nitrogens with zero attached hydrogens (tertiary/aromatic N) is 1. The van der Waals surface area contributed by atoms with Gasteiger partial charge in [0.05, 0.1) is 15.0 Å². The van der Waals surface area contributed by atoms with Gasteiger partial charge in [-0.05, 0) is 80.5 Å². The van der Waals surface area contributed by atoms with Crippen LogP contribution in [-0.4, -0.2) is 16.0 Å². The van der Waals surface area contributed by atoms with Crippen molar-refractivity contribution >= 4 is 73.9 Å². The predicted octanol–water partition coefficient (Wildman–Crippen LogP) is 7.91. The Labute approximate surface area is 226 Å². The van der Waals surface area contributed by atoms with Crippen molar-refractivity contribution in [1.82, 2.24) is 4.90 Å². The molecule has 4 aromatic rings. The number of thioether (sulfide) groups is 1. The molecule has 7 heteroatoms. The molecule has 1 fully saturated rings. The minimum absolute atomic E-state index is 0.246. The van der Waals surface area contributed by atoms with Crippen molar-refractivity contribution in [1.29, 1.82) is 0 Å². The Hall–Kier alpha value is -2.81. The van der Waals surface area contributed by atoms with E-state index >= 15 is 0 Å². The summed E-state index contributed by atoms with van der Waals surface area (Å²) in [6.45, 7) is 0.609. The number of imide groups is 1. The van der Waals surface area contributed by atoms with E-state index in [2.05, 4.69) is 22.6 Å². The number of hydrogen-bond acceptors (Lipinski definition) is 4. The van der Waals surface area contributed by atoms with E-state index in [1.807, 2.05) is 84.9 Å². The number of rotatable bonds is 6. The third-order valence-electron chi connectivity index (χ3n) is 5.68. The van der Waals surface area contributed by atoms with Gasteiger partial charge in [0.25, 0.3) is 11.1 Å². The fraction of sp³-hybridized carbons (Fsp3) is 0.0714. The summed E-state index contributed by atoms with van der Waals surface area (Å²) in [4.78, 5) is 27.5. The van der Waals surface area contributed by atoms with Crippen LogP contribution in [-0.2, 0) is 17.9 Å². The first-order chi connectivity index (χ1) is 17.0. The van der Waals surface area contributed by atoms with Gasteiger partial charge in [0.2, 0.25) is 0 Å². The van der Waals surface area contributed by atoms with Crippen molar-refractivity contribution in [3.8, 4) is 5.75 Å². The van der Waals surface area contributed by atoms with E-state index in [-0.39, 0.29) is 17.7 Å². The molecule has 0 radical (unpaired) electrons. The Balaban J connectivity index is 1.31. The van der Waals surface area contributed by atoms with Gasteiger partial charge in [0.15, 0.2) is 0 Å². The lowest BCUT2D eigenvalue weighted by atomic mass is 10.0. The molecule has 174 valence electrons. The Morgan fingerprint density at radius 3 is 2.49 bits per heavy atom. The molecule has 0 atom stereocenters. The van der Waals surface area contributed by atoms with Gasteiger partial charge in [0.1, 0.15) is 12.4 Å². The predicted molar refractivity (Wildman–Crippen MR) is 150 cm³/mol. The maximum absolute atomic E-state index is 13.1. The first-order valence-electron chi connectivity index (χ1n) is 10.9. The Bertz CT molecular complexity index is 1480. The molecule has 1 heterocycles. The maximum Gasteiger partial charge on any atom is 0.293 e. The second kappa shape index (κ2) is 10.4. The van der Waals surface area contributed by atoms with Crippen LogP contribution in [0.1, 0.15) is 16.7 Å². The topological polar surface area (TPSA) is 46.6 Å². The number of ether oxygens (including phenoxy) is 1. The molecule has 1 aliphatic rings. The van der Waals surface area contributed by atoms with Crippen LogP contribution < -0.4 is 4.74 Å². The zero-order valence-corrected chi connectivity index (χ0v) is 22.1. The van der Waals surface area contributed by atoms with E-state index < -0.39 is 0 Å². The second-order valence-electron chi connectivity index (χ2n) is 7.98. The Kier molecular flexibility index (Phi) is 7.13. The number of amides is 2. The normalized spacial score (nSPS) is 14.8. The minimum Gasteiger partial charge on any atom is -0.488 e. The van der Waals surface area contributed by atoms with Gasteiger partial charge in [-0.25, -0.2) is 0 Å². The average molecular weight is 612 g/mol. The zero-order chi connectivity index (χ0) is 24.4. The molecular weight excluding hydrogens is 593 g/mol. The quantitative estimate of drug-likeness (QED) is 0.164. The van der Waals surface area contributed by atoms with Crippen LogP contribution in [0.5, 0.6) is 5.75 Å². The maximum atomic E-state index is 13.1. The Morgan fingerprint density at radius 2 is 1.66 bits per heavy atom. The van der Waals surface area contributed by atoms with E-state index in [1.54, 1.807) is 6.08 Å². The van der Waals surface area contributed by atoms with Gasteiger partial charge in [-0.3, -0.25) is 14.5 Å². The molecule has 2 amide bonds. The van der Waals surface area contributed by atoms with Crippen LogP contribution in [0.25, 0.3) is 16.8 Å². The van der Waals surface area contributed by atoms with Gasteiger partial charge in [-0.15, -0.1) is 0 Å². The summed E-state index contributed by atoms with van der Waals surface area (Å²) < 4.78 is 6.84. The number of carbonyl (C=O) groups excluding carboxylic acids is 2. The second-order valence-corrected chi connectivity index (χ2v) is 10.5. The van der Waals surface area contributed by atoms with Crippen molar-refractivity contribution in [2.75, 3.05) is 0 Å². The molecule has 0 saturated carbocycles. The summed E-state index contributed by atoms with van der Waals surface area (Å²) in [5, 5.41) is 2.53. The summed E-state index contributed by atoms with van der Waals surface area (Å²) in [7, 11) is 0. The molecule has 0 aromatic heterocycles. The van der Waals surface area contributed by atoms with Crippen LogP contribution in [0.4, 0.5) is 4.79 Å². The highest BCUT2D eigenvalue weighted by molar-refractivity contribution is 14.1. The molecule has 1 saturated heterocycles. The zero-order valence-electron chi connectivity index (χ0n) is 18.4. The fourth-order valence-corrected chi connectivity index (χ4v) is 5.61. The summed E-state index contributed by atoms with van der Waals surface area (Å²) in [6, 6.07) is 27.1. The highest BCUT2D eigenvalue weighted by Crippen LogP contribution is 2.35. The molecule has 4 nitrogen and oxygen atoms in total. The first-order valence-corrected chi connectivity index (χ1v) is 13.1. The molecule has 5 rings (SSSR count). The SMILES string of the molecule is O=C1S/C(=C/c2ccc(OCc3ccccc3Cl)c(I)c2)C(=O)N1Cc1cccc2ccccc12. The molecule has 0 unspecified atom stereocenters. The average Bonchev–Trinajstić information content (AvgIpc) is 3.12. The number of benzene rings is 4. The molecular formula is C28H19ClINO3S. The highest BCUT2D eigenvalue weighted by atomic mass is 127. The van der Waals surface area contributed by atoms with Crippen LogP contribution in [0.2, 0.25) is 5.02 Å². The van der Waals surface area contributed by atoms with Crippen molar-refractivity contribution in [3.63, 3.8) is 0 Å². The molecule has 1 aliphatic heterocycles. The van der Waals surface area contributed by atoms with E-state index in [1.165, 1.54) is 4.90 Å². The van der Waals surface area contributed by atoms with Crippen LogP contribution in [0, 0.1) is 3.57 Å². The lowest BCUT2D eigenvalue weighted by Gasteiger charge is -2.14. The summed E-state index contributed by atoms with van der Waals surface area (Å²) in [6.07, 6.45) is 1.76. The molecule has 0 bridgehead atoms. The minimum atomic E-state index is -0.276. The van der Waals surface area contributed by atoms with Crippen molar-refractivity contribution < 1.29 is 14.3 Å². The molecule has 35 heavy (non-hydrogen) atoms. The van der Waals surface area contributed by atoms with E-state index in [4.69, 9.17) is 16.3 Å². The number of carbonyl (C=O) groups is 2. The lowest BCUT2D eigenvalue weighted by molar-refractivity contribution is -0.123. The van der Waals surface area contributed by atoms with Crippen molar-refractivity contribution in [2.24, 2.45) is 0 Å². The summed E-state index contributed by atoms with van der Waals surface area (Å²) in [5.74, 6) is 0.453. The Morgan fingerprint density at radius 1 is 0.914 bits per heavy atom. The van der Waals surface area contributed by atoms with Crippen molar-refractivity contribution in [3.05, 3.63) is 115 Å². The van der Waals surface area contributed by atoms with Gasteiger partial charge in [0, 0.05) is 10.6 Å². The monoisotopic (exact) mass is 611 g/mol. The largest absolute Gasteiger partial charge is 0.488 e. The van der Waals surface area contributed by atoms with Crippen LogP contribution in [0.15, 0.2) is 89.8 Å². The summed E-state index contributed by atoms with van der Waals surface area (Å²) in [5.41, 5.74) is 2.69. The van der Waals surface area contributed by atoms with E-state index in [9.17, 15) is 9.59 Å². The molecule has 4 aromatic carbocycles. The van der Waals surface area contributed by atoms with Gasteiger partial charge in [-0.1, -0.05) is 78.3 Å². The third-order valence-corrected chi connectivity index (χ3v) is 7.80. The van der Waals surface area contributed by atoms with E-state index in [0.717, 1.165) is 48.5 Å². The highest BCUT2D eigenvalue weighted by Gasteiger charge is 2.35. The van der Waals surface area contributed by atoms with Crippen LogP contribution in [0.3, 0.4) is 0 Å². The number of halogens is 2. The number of fused-ring (bicyclic) bond motifs is 1. The molecule has 0 aliphatic carbocycles. The van der Waals surface area contributed by atoms with Gasteiger partial charge >= 0.3 is 0 Å². The van der Waals surface area contributed by atoms with E-state index in [0.29, 0.717) is 16.5 Å². The number of hydrogen-bond donors (Lipinski definition) is 0. The molecule has 0 N–H and O–H groups in total. The van der Waals surface area contributed by atoms with Crippen LogP contribution >= 0.6 is 46.0 Å². The molecule has 0 spiro atoms. The summed E-state index contributed by atoms with van der Waals surface area (Å²) >= 11 is 9.39. The lowest BCUT2D eigenvalue weighted by Crippen LogP contribution is -2.27. The van der Waals surface area contributed by atoms with Gasteiger partial charge in [-0.2, -0.15) is 0 Å². The fourth-order valence-electron chi connectivity index (χ4n) is 3.88. The van der Waals surface area contributed by atoms with Gasteiger partial charge < -0.3 is 4.74 Å².